The van der Waals surface area contributed by atoms with Crippen molar-refractivity contribution in [2.75, 3.05) is 6.54 Å². The second-order valence-electron chi connectivity index (χ2n) is 4.95. The highest BCUT2D eigenvalue weighted by Gasteiger charge is 2.26. The molecule has 2 heteroatoms. The molecule has 1 aliphatic heterocycles. The van der Waals surface area contributed by atoms with Crippen LogP contribution in [0.4, 0.5) is 0 Å². The van der Waals surface area contributed by atoms with Crippen LogP contribution in [0.3, 0.4) is 0 Å². The van der Waals surface area contributed by atoms with Crippen molar-refractivity contribution in [3.8, 4) is 6.19 Å². The van der Waals surface area contributed by atoms with E-state index in [0.717, 1.165) is 19.4 Å². The fourth-order valence-electron chi connectivity index (χ4n) is 2.83. The third-order valence-corrected chi connectivity index (χ3v) is 3.81. The molecule has 1 heterocycles. The van der Waals surface area contributed by atoms with Gasteiger partial charge in [0.25, 0.3) is 0 Å². The van der Waals surface area contributed by atoms with Crippen LogP contribution in [0.15, 0.2) is 54.6 Å². The van der Waals surface area contributed by atoms with Gasteiger partial charge >= 0.3 is 0 Å². The maximum absolute atomic E-state index is 9.34. The van der Waals surface area contributed by atoms with Crippen LogP contribution in [0.25, 0.3) is 0 Å². The zero-order valence-corrected chi connectivity index (χ0v) is 10.8. The van der Waals surface area contributed by atoms with Crippen molar-refractivity contribution in [2.24, 2.45) is 0 Å². The summed E-state index contributed by atoms with van der Waals surface area (Å²) in [5, 5.41) is 9.34. The molecule has 1 atom stereocenters. The first-order valence-corrected chi connectivity index (χ1v) is 6.66. The quantitative estimate of drug-likeness (QED) is 0.762. The summed E-state index contributed by atoms with van der Waals surface area (Å²) in [7, 11) is 0. The van der Waals surface area contributed by atoms with Crippen LogP contribution in [0.5, 0.6) is 0 Å². The van der Waals surface area contributed by atoms with Crippen molar-refractivity contribution in [2.45, 2.75) is 18.9 Å². The highest BCUT2D eigenvalue weighted by atomic mass is 15.2. The normalized spacial score (nSPS) is 17.6. The number of benzene rings is 2. The lowest BCUT2D eigenvalue weighted by Crippen LogP contribution is -2.32. The molecule has 0 radical (unpaired) electrons. The van der Waals surface area contributed by atoms with Gasteiger partial charge in [0.05, 0.1) is 6.04 Å². The van der Waals surface area contributed by atoms with Gasteiger partial charge in [0.2, 0.25) is 0 Å². The zero-order chi connectivity index (χ0) is 13.1. The van der Waals surface area contributed by atoms with Crippen molar-refractivity contribution in [1.29, 1.82) is 5.26 Å². The second kappa shape index (κ2) is 5.16. The molecule has 0 amide bonds. The van der Waals surface area contributed by atoms with Crippen molar-refractivity contribution < 1.29 is 0 Å². The Labute approximate surface area is 113 Å². The number of hydrogen-bond acceptors (Lipinski definition) is 2. The molecule has 0 spiro atoms. The maximum atomic E-state index is 9.34. The van der Waals surface area contributed by atoms with Crippen molar-refractivity contribution >= 4 is 0 Å². The Kier molecular flexibility index (Phi) is 3.20. The molecule has 1 aliphatic rings. The van der Waals surface area contributed by atoms with Crippen LogP contribution in [-0.2, 0) is 12.8 Å². The highest BCUT2D eigenvalue weighted by Crippen LogP contribution is 2.31. The van der Waals surface area contributed by atoms with E-state index in [9.17, 15) is 5.26 Å². The predicted octanol–water partition coefficient (Wildman–Crippen LogP) is 3.31. The average molecular weight is 248 g/mol. The maximum Gasteiger partial charge on any atom is 0.179 e. The molecular formula is C17H16N2. The minimum atomic E-state index is 0.178. The third-order valence-electron chi connectivity index (χ3n) is 3.81. The summed E-state index contributed by atoms with van der Waals surface area (Å²) in [6.45, 7) is 0.824. The number of nitrogens with zero attached hydrogens (tertiary/aromatic N) is 2. The van der Waals surface area contributed by atoms with Crippen molar-refractivity contribution in [3.05, 3.63) is 71.3 Å². The molecular weight excluding hydrogens is 232 g/mol. The molecule has 0 aliphatic carbocycles. The first-order valence-electron chi connectivity index (χ1n) is 6.66. The fourth-order valence-corrected chi connectivity index (χ4v) is 2.83. The smallest absolute Gasteiger partial charge is 0.179 e. The Hall–Kier alpha value is -2.27. The molecule has 0 saturated carbocycles. The number of nitriles is 1. The van der Waals surface area contributed by atoms with E-state index < -0.39 is 0 Å². The summed E-state index contributed by atoms with van der Waals surface area (Å²) in [5.41, 5.74) is 3.97. The van der Waals surface area contributed by atoms with Crippen LogP contribution in [0, 0.1) is 11.5 Å². The molecule has 0 bridgehead atoms. The minimum absolute atomic E-state index is 0.178. The van der Waals surface area contributed by atoms with E-state index >= 15 is 0 Å². The monoisotopic (exact) mass is 248 g/mol. The number of rotatable bonds is 2. The average Bonchev–Trinajstić information content (AvgIpc) is 2.49. The van der Waals surface area contributed by atoms with Gasteiger partial charge in [-0.1, -0.05) is 54.6 Å². The topological polar surface area (TPSA) is 27.0 Å². The van der Waals surface area contributed by atoms with Crippen LogP contribution in [-0.4, -0.2) is 11.4 Å². The van der Waals surface area contributed by atoms with E-state index in [4.69, 9.17) is 0 Å². The molecule has 0 aromatic heterocycles. The third kappa shape index (κ3) is 2.32. The Morgan fingerprint density at radius 2 is 1.79 bits per heavy atom. The standard InChI is InChI=1S/C17H16N2/c18-13-19-11-10-15-8-4-5-9-16(15)17(19)12-14-6-2-1-3-7-14/h1-9,17H,10-12H2. The molecule has 2 nitrogen and oxygen atoms in total. The Bertz CT molecular complexity index is 598. The van der Waals surface area contributed by atoms with Crippen molar-refractivity contribution in [3.63, 3.8) is 0 Å². The van der Waals surface area contributed by atoms with Crippen molar-refractivity contribution in [1.82, 2.24) is 4.90 Å². The number of fused-ring (bicyclic) bond motifs is 1. The van der Waals surface area contributed by atoms with Gasteiger partial charge in [-0.05, 0) is 29.5 Å². The molecule has 1 unspecified atom stereocenters. The second-order valence-corrected chi connectivity index (χ2v) is 4.95. The van der Waals surface area contributed by atoms with Gasteiger partial charge in [-0.3, -0.25) is 0 Å². The van der Waals surface area contributed by atoms with Crippen LogP contribution in [0.2, 0.25) is 0 Å². The van der Waals surface area contributed by atoms with Gasteiger partial charge in [0, 0.05) is 6.54 Å². The van der Waals surface area contributed by atoms with E-state index in [1.54, 1.807) is 0 Å². The molecule has 2 aromatic carbocycles. The summed E-state index contributed by atoms with van der Waals surface area (Å²) in [6.07, 6.45) is 4.21. The first-order chi connectivity index (χ1) is 9.38. The first kappa shape index (κ1) is 11.8. The van der Waals surface area contributed by atoms with Gasteiger partial charge in [0.15, 0.2) is 6.19 Å². The Morgan fingerprint density at radius 1 is 1.05 bits per heavy atom. The summed E-state index contributed by atoms with van der Waals surface area (Å²) < 4.78 is 0. The SMILES string of the molecule is N#CN1CCc2ccccc2C1Cc1ccccc1. The van der Waals surface area contributed by atoms with Crippen LogP contribution < -0.4 is 0 Å². The fraction of sp³-hybridized carbons (Fsp3) is 0.235. The lowest BCUT2D eigenvalue weighted by Gasteiger charge is -2.33. The summed E-state index contributed by atoms with van der Waals surface area (Å²) >= 11 is 0. The van der Waals surface area contributed by atoms with E-state index in [1.165, 1.54) is 16.7 Å². The van der Waals surface area contributed by atoms with E-state index in [1.807, 2.05) is 11.0 Å². The van der Waals surface area contributed by atoms with E-state index in [0.29, 0.717) is 0 Å². The predicted molar refractivity (Wildman–Crippen MR) is 75.4 cm³/mol. The molecule has 3 rings (SSSR count). The lowest BCUT2D eigenvalue weighted by atomic mass is 9.89. The molecule has 0 N–H and O–H groups in total. The van der Waals surface area contributed by atoms with Crippen LogP contribution in [0.1, 0.15) is 22.7 Å². The largest absolute Gasteiger partial charge is 0.302 e. The summed E-state index contributed by atoms with van der Waals surface area (Å²) in [5.74, 6) is 0. The molecule has 2 aromatic rings. The number of hydrogen-bond donors (Lipinski definition) is 0. The van der Waals surface area contributed by atoms with Gasteiger partial charge < -0.3 is 4.90 Å². The highest BCUT2D eigenvalue weighted by molar-refractivity contribution is 5.34. The molecule has 19 heavy (non-hydrogen) atoms. The van der Waals surface area contributed by atoms with Gasteiger partial charge in [-0.25, -0.2) is 0 Å². The van der Waals surface area contributed by atoms with Crippen LogP contribution >= 0.6 is 0 Å². The van der Waals surface area contributed by atoms with Gasteiger partial charge in [-0.15, -0.1) is 0 Å². The zero-order valence-electron chi connectivity index (χ0n) is 10.8. The summed E-state index contributed by atoms with van der Waals surface area (Å²) in [6, 6.07) is 19.1. The van der Waals surface area contributed by atoms with Gasteiger partial charge in [0.1, 0.15) is 0 Å². The minimum Gasteiger partial charge on any atom is -0.302 e. The Balaban J connectivity index is 1.95. The molecule has 94 valence electrons. The lowest BCUT2D eigenvalue weighted by molar-refractivity contribution is 0.275. The van der Waals surface area contributed by atoms with Gasteiger partial charge in [-0.2, -0.15) is 5.26 Å². The molecule has 0 saturated heterocycles. The van der Waals surface area contributed by atoms with E-state index in [-0.39, 0.29) is 6.04 Å². The van der Waals surface area contributed by atoms with E-state index in [2.05, 4.69) is 54.7 Å². The summed E-state index contributed by atoms with van der Waals surface area (Å²) in [4.78, 5) is 1.91. The Morgan fingerprint density at radius 3 is 2.58 bits per heavy atom. The molecule has 0 fully saturated rings.